The zero-order chi connectivity index (χ0) is 18.1. The molecule has 0 fully saturated rings. The fourth-order valence-electron chi connectivity index (χ4n) is 2.49. The van der Waals surface area contributed by atoms with Crippen LogP contribution in [0.5, 0.6) is 0 Å². The van der Waals surface area contributed by atoms with Crippen LogP contribution >= 0.6 is 0 Å². The van der Waals surface area contributed by atoms with Gasteiger partial charge < -0.3 is 15.0 Å². The van der Waals surface area contributed by atoms with Gasteiger partial charge in [-0.25, -0.2) is 0 Å². The predicted molar refractivity (Wildman–Crippen MR) is 99.1 cm³/mol. The van der Waals surface area contributed by atoms with Gasteiger partial charge in [0, 0.05) is 43.6 Å². The van der Waals surface area contributed by atoms with Gasteiger partial charge in [-0.05, 0) is 49.7 Å². The minimum Gasteiger partial charge on any atom is -0.385 e. The van der Waals surface area contributed by atoms with E-state index in [2.05, 4.69) is 5.32 Å². The lowest BCUT2D eigenvalue weighted by atomic mass is 10.1. The Morgan fingerprint density at radius 2 is 1.64 bits per heavy atom. The molecule has 0 bridgehead atoms. The van der Waals surface area contributed by atoms with Crippen LogP contribution < -0.4 is 10.2 Å². The number of amides is 2. The summed E-state index contributed by atoms with van der Waals surface area (Å²) in [5.41, 5.74) is 1.95. The number of hydrogen-bond acceptors (Lipinski definition) is 3. The molecule has 0 spiro atoms. The summed E-state index contributed by atoms with van der Waals surface area (Å²) >= 11 is 0. The van der Waals surface area contributed by atoms with Crippen molar-refractivity contribution in [2.45, 2.75) is 13.3 Å². The van der Waals surface area contributed by atoms with Gasteiger partial charge >= 0.3 is 0 Å². The Hall–Kier alpha value is -2.66. The van der Waals surface area contributed by atoms with E-state index in [0.717, 1.165) is 12.1 Å². The molecule has 2 amide bonds. The van der Waals surface area contributed by atoms with Crippen LogP contribution in [0.15, 0.2) is 54.6 Å². The van der Waals surface area contributed by atoms with Crippen molar-refractivity contribution in [2.75, 3.05) is 31.7 Å². The van der Waals surface area contributed by atoms with Crippen molar-refractivity contribution >= 4 is 17.5 Å². The first-order valence-electron chi connectivity index (χ1n) is 8.41. The average molecular weight is 340 g/mol. The first-order valence-corrected chi connectivity index (χ1v) is 8.41. The highest BCUT2D eigenvalue weighted by atomic mass is 16.5. The number of carbonyl (C=O) groups excluding carboxylic acids is 2. The summed E-state index contributed by atoms with van der Waals surface area (Å²) in [6, 6.07) is 16.3. The smallest absolute Gasteiger partial charge is 0.258 e. The van der Waals surface area contributed by atoms with E-state index < -0.39 is 0 Å². The summed E-state index contributed by atoms with van der Waals surface area (Å²) in [6.07, 6.45) is 0.765. The maximum atomic E-state index is 12.7. The van der Waals surface area contributed by atoms with Crippen molar-refractivity contribution in [1.82, 2.24) is 5.32 Å². The van der Waals surface area contributed by atoms with Gasteiger partial charge in [0.1, 0.15) is 0 Å². The van der Waals surface area contributed by atoms with Gasteiger partial charge in [0.15, 0.2) is 0 Å². The molecule has 2 rings (SSSR count). The summed E-state index contributed by atoms with van der Waals surface area (Å²) in [7, 11) is 1.63. The lowest BCUT2D eigenvalue weighted by Gasteiger charge is -2.21. The highest BCUT2D eigenvalue weighted by Gasteiger charge is 2.16. The van der Waals surface area contributed by atoms with Gasteiger partial charge in [-0.15, -0.1) is 0 Å². The van der Waals surface area contributed by atoms with Gasteiger partial charge in [-0.2, -0.15) is 0 Å². The summed E-state index contributed by atoms with van der Waals surface area (Å²) in [5, 5.41) is 2.83. The van der Waals surface area contributed by atoms with Crippen LogP contribution in [0.4, 0.5) is 5.69 Å². The number of benzene rings is 2. The average Bonchev–Trinajstić information content (AvgIpc) is 2.66. The molecule has 2 aromatic carbocycles. The molecule has 0 aliphatic rings. The lowest BCUT2D eigenvalue weighted by Crippen LogP contribution is -2.30. The third-order valence-corrected chi connectivity index (χ3v) is 3.83. The monoisotopic (exact) mass is 340 g/mol. The zero-order valence-electron chi connectivity index (χ0n) is 14.7. The number of ether oxygens (including phenoxy) is 1. The van der Waals surface area contributed by atoms with Crippen LogP contribution in [0.3, 0.4) is 0 Å². The third kappa shape index (κ3) is 5.16. The maximum absolute atomic E-state index is 12.7. The SMILES string of the molecule is CCN(C(=O)c1ccc(C(=O)NCCCOC)cc1)c1ccccc1. The second kappa shape index (κ2) is 9.59. The molecule has 0 radical (unpaired) electrons. The number of hydrogen-bond donors (Lipinski definition) is 1. The van der Waals surface area contributed by atoms with E-state index in [9.17, 15) is 9.59 Å². The standard InChI is InChI=1S/C20H24N2O3/c1-3-22(18-8-5-4-6-9-18)20(24)17-12-10-16(11-13-17)19(23)21-14-7-15-25-2/h4-6,8-13H,3,7,14-15H2,1-2H3,(H,21,23). The Kier molecular flexibility index (Phi) is 7.16. The molecule has 0 aromatic heterocycles. The van der Waals surface area contributed by atoms with Crippen LogP contribution in [0.25, 0.3) is 0 Å². The predicted octanol–water partition coefficient (Wildman–Crippen LogP) is 3.12. The van der Waals surface area contributed by atoms with Crippen molar-refractivity contribution in [2.24, 2.45) is 0 Å². The van der Waals surface area contributed by atoms with E-state index in [1.54, 1.807) is 36.3 Å². The van der Waals surface area contributed by atoms with Crippen molar-refractivity contribution in [3.63, 3.8) is 0 Å². The Morgan fingerprint density at radius 3 is 2.24 bits per heavy atom. The second-order valence-corrected chi connectivity index (χ2v) is 5.56. The number of anilines is 1. The minimum atomic E-state index is -0.148. The topological polar surface area (TPSA) is 58.6 Å². The largest absolute Gasteiger partial charge is 0.385 e. The first kappa shape index (κ1) is 18.7. The summed E-state index contributed by atoms with van der Waals surface area (Å²) in [5.74, 6) is -0.230. The van der Waals surface area contributed by atoms with Gasteiger partial charge in [0.2, 0.25) is 0 Å². The fourth-order valence-corrected chi connectivity index (χ4v) is 2.49. The molecule has 0 saturated heterocycles. The number of nitrogens with one attached hydrogen (secondary N) is 1. The van der Waals surface area contributed by atoms with E-state index >= 15 is 0 Å². The minimum absolute atomic E-state index is 0.0826. The van der Waals surface area contributed by atoms with E-state index in [4.69, 9.17) is 4.74 Å². The summed E-state index contributed by atoms with van der Waals surface area (Å²) < 4.78 is 4.95. The Balaban J connectivity index is 2.03. The molecule has 5 heteroatoms. The second-order valence-electron chi connectivity index (χ2n) is 5.56. The van der Waals surface area contributed by atoms with Gasteiger partial charge in [0.05, 0.1) is 0 Å². The van der Waals surface area contributed by atoms with Gasteiger partial charge in [-0.3, -0.25) is 9.59 Å². The molecule has 132 valence electrons. The van der Waals surface area contributed by atoms with Gasteiger partial charge in [-0.1, -0.05) is 18.2 Å². The normalized spacial score (nSPS) is 10.3. The Labute approximate surface area is 148 Å². The van der Waals surface area contributed by atoms with E-state index in [-0.39, 0.29) is 11.8 Å². The number of para-hydroxylation sites is 1. The molecular formula is C20H24N2O3. The van der Waals surface area contributed by atoms with E-state index in [0.29, 0.717) is 30.8 Å². The highest BCUT2D eigenvalue weighted by molar-refractivity contribution is 6.06. The number of nitrogens with zero attached hydrogens (tertiary/aromatic N) is 1. The molecule has 0 aliphatic heterocycles. The molecule has 0 heterocycles. The lowest BCUT2D eigenvalue weighted by molar-refractivity contribution is 0.0945. The highest BCUT2D eigenvalue weighted by Crippen LogP contribution is 2.17. The summed E-state index contributed by atoms with van der Waals surface area (Å²) in [4.78, 5) is 26.5. The first-order chi connectivity index (χ1) is 12.2. The van der Waals surface area contributed by atoms with Crippen LogP contribution in [0.2, 0.25) is 0 Å². The number of methoxy groups -OCH3 is 1. The van der Waals surface area contributed by atoms with Crippen molar-refractivity contribution in [1.29, 1.82) is 0 Å². The molecular weight excluding hydrogens is 316 g/mol. The number of rotatable bonds is 8. The maximum Gasteiger partial charge on any atom is 0.258 e. The van der Waals surface area contributed by atoms with Crippen LogP contribution in [-0.2, 0) is 4.74 Å². The van der Waals surface area contributed by atoms with E-state index in [1.807, 2.05) is 37.3 Å². The molecule has 0 aliphatic carbocycles. The zero-order valence-corrected chi connectivity index (χ0v) is 14.7. The van der Waals surface area contributed by atoms with Gasteiger partial charge in [0.25, 0.3) is 11.8 Å². The third-order valence-electron chi connectivity index (χ3n) is 3.83. The molecule has 2 aromatic rings. The van der Waals surface area contributed by atoms with E-state index in [1.165, 1.54) is 0 Å². The quantitative estimate of drug-likeness (QED) is 0.751. The van der Waals surface area contributed by atoms with Crippen molar-refractivity contribution < 1.29 is 14.3 Å². The van der Waals surface area contributed by atoms with Crippen molar-refractivity contribution in [3.8, 4) is 0 Å². The molecule has 1 N–H and O–H groups in total. The molecule has 0 unspecified atom stereocenters. The number of carbonyl (C=O) groups is 2. The van der Waals surface area contributed by atoms with Crippen LogP contribution in [0.1, 0.15) is 34.1 Å². The Bertz CT molecular complexity index is 684. The molecule has 5 nitrogen and oxygen atoms in total. The summed E-state index contributed by atoms with van der Waals surface area (Å²) in [6.45, 7) is 3.68. The molecule has 0 atom stereocenters. The Morgan fingerprint density at radius 1 is 1.00 bits per heavy atom. The molecule has 0 saturated carbocycles. The molecule has 25 heavy (non-hydrogen) atoms. The fraction of sp³-hybridized carbons (Fsp3) is 0.300. The van der Waals surface area contributed by atoms with Crippen LogP contribution in [0, 0.1) is 0 Å². The van der Waals surface area contributed by atoms with Crippen LogP contribution in [-0.4, -0.2) is 38.6 Å². The van der Waals surface area contributed by atoms with Crippen molar-refractivity contribution in [3.05, 3.63) is 65.7 Å².